The van der Waals surface area contributed by atoms with Gasteiger partial charge in [-0.25, -0.2) is 0 Å². The largest absolute Gasteiger partial charge is 0.465 e. The van der Waals surface area contributed by atoms with Crippen LogP contribution in [0.25, 0.3) is 0 Å². The molecule has 0 aromatic heterocycles. The van der Waals surface area contributed by atoms with Crippen molar-refractivity contribution in [3.05, 3.63) is 0 Å². The molecule has 592 valence electrons. The van der Waals surface area contributed by atoms with Crippen LogP contribution in [0.3, 0.4) is 0 Å². The Hall–Kier alpha value is -3.33. The van der Waals surface area contributed by atoms with E-state index in [-0.39, 0.29) is 83.9 Å². The second kappa shape index (κ2) is 51.1. The third-order valence-electron chi connectivity index (χ3n) is 21.9. The average Bonchev–Trinajstić information content (AvgIpc) is 1.05. The number of rotatable bonds is 23. The molecule has 0 saturated carbocycles. The number of piperazine rings is 1. The average molecular weight is 1450 g/mol. The fraction of sp³-hybridized carbons (Fsp3) is 0.933. The Morgan fingerprint density at radius 2 is 0.794 bits per heavy atom. The van der Waals surface area contributed by atoms with Crippen molar-refractivity contribution in [3.63, 3.8) is 0 Å². The number of likely N-dealkylation sites (N-methyl/N-ethyl adjacent to an activating group) is 2. The van der Waals surface area contributed by atoms with Crippen molar-refractivity contribution in [2.75, 3.05) is 250 Å². The summed E-state index contributed by atoms with van der Waals surface area (Å²) >= 11 is 0. The van der Waals surface area contributed by atoms with Crippen molar-refractivity contribution < 1.29 is 47.7 Å². The van der Waals surface area contributed by atoms with Gasteiger partial charge in [0.1, 0.15) is 24.4 Å². The number of hydrogen-bond donors (Lipinski definition) is 11. The summed E-state index contributed by atoms with van der Waals surface area (Å²) in [6.07, 6.45) is 12.3. The lowest BCUT2D eigenvalue weighted by atomic mass is 9.98. The van der Waals surface area contributed by atoms with E-state index in [9.17, 15) is 24.0 Å². The number of carbonyl (C=O) groups is 5. The third-order valence-corrected chi connectivity index (χ3v) is 21.9. The van der Waals surface area contributed by atoms with E-state index < -0.39 is 0 Å². The van der Waals surface area contributed by atoms with Gasteiger partial charge in [-0.2, -0.15) is 0 Å². The van der Waals surface area contributed by atoms with E-state index in [1.165, 1.54) is 58.7 Å². The second-order valence-electron chi connectivity index (χ2n) is 30.6. The summed E-state index contributed by atoms with van der Waals surface area (Å²) in [5.41, 5.74) is 0. The summed E-state index contributed by atoms with van der Waals surface area (Å²) < 4.78 is 27.1. The van der Waals surface area contributed by atoms with Crippen LogP contribution >= 0.6 is 0 Å². The number of ether oxygens (including phenoxy) is 5. The molecule has 13 heterocycles. The molecule has 13 fully saturated rings. The van der Waals surface area contributed by atoms with Gasteiger partial charge in [-0.05, 0) is 197 Å². The van der Waals surface area contributed by atoms with Gasteiger partial charge in [-0.1, -0.05) is 34.6 Å². The Balaban J connectivity index is 0.000000185. The number of carbonyl (C=O) groups excluding carboxylic acids is 5. The molecule has 13 rings (SSSR count). The van der Waals surface area contributed by atoms with Gasteiger partial charge in [-0.15, -0.1) is 0 Å². The summed E-state index contributed by atoms with van der Waals surface area (Å²) in [7, 11) is 6.01. The zero-order valence-electron chi connectivity index (χ0n) is 65.4. The van der Waals surface area contributed by atoms with Crippen LogP contribution in [0.5, 0.6) is 0 Å². The van der Waals surface area contributed by atoms with Crippen molar-refractivity contribution in [1.82, 2.24) is 87.9 Å². The Kier molecular flexibility index (Phi) is 43.9. The highest BCUT2D eigenvalue weighted by Crippen LogP contribution is 2.24. The summed E-state index contributed by atoms with van der Waals surface area (Å²) in [4.78, 5) is 72.6. The highest BCUT2D eigenvalue weighted by molar-refractivity contribution is 5.75. The Morgan fingerprint density at radius 1 is 0.373 bits per heavy atom. The first-order chi connectivity index (χ1) is 49.5. The van der Waals surface area contributed by atoms with Gasteiger partial charge in [0.25, 0.3) is 0 Å². The maximum absolute atomic E-state index is 11.9. The van der Waals surface area contributed by atoms with Crippen molar-refractivity contribution in [2.45, 2.75) is 162 Å². The Morgan fingerprint density at radius 3 is 1.19 bits per heavy atom. The zero-order chi connectivity index (χ0) is 73.3. The Labute approximate surface area is 616 Å². The van der Waals surface area contributed by atoms with Crippen LogP contribution in [0.1, 0.15) is 119 Å². The number of piperidine rings is 3. The molecule has 0 aliphatic carbocycles. The minimum Gasteiger partial charge on any atom is -0.465 e. The number of likely N-dealkylation sites (tertiary alicyclic amines) is 5. The van der Waals surface area contributed by atoms with Gasteiger partial charge >= 0.3 is 29.8 Å². The molecule has 8 unspecified atom stereocenters. The molecule has 0 aromatic carbocycles. The molecule has 0 radical (unpaired) electrons. The van der Waals surface area contributed by atoms with Gasteiger partial charge < -0.3 is 107 Å². The minimum absolute atomic E-state index is 0.00315. The lowest BCUT2D eigenvalue weighted by Crippen LogP contribution is -2.55. The molecule has 102 heavy (non-hydrogen) atoms. The van der Waals surface area contributed by atoms with Crippen LogP contribution in [0, 0.1) is 41.4 Å². The number of hydrogen-bond acceptors (Lipinski definition) is 27. The van der Waals surface area contributed by atoms with Gasteiger partial charge in [0.15, 0.2) is 0 Å². The Bertz CT molecular complexity index is 2230. The molecule has 13 aliphatic rings. The fourth-order valence-corrected chi connectivity index (χ4v) is 14.7. The van der Waals surface area contributed by atoms with Crippen molar-refractivity contribution in [2.24, 2.45) is 41.4 Å². The topological polar surface area (TPSA) is 283 Å². The van der Waals surface area contributed by atoms with Crippen LogP contribution in [0.15, 0.2) is 0 Å². The monoisotopic (exact) mass is 1450 g/mol. The standard InChI is InChI=1S/C12H22N2O2.3C11H20N2O2.C10H18N2O2.C9H21N3.C6H14N2.C5H12N2/c1-2-14-7-3-4-10(9-14)12(15)16-11-5-6-13-8-11;1-2-13-7-9(8-13)11(14)15-10-3-5-12-6-4-10;1-2-13-4-3-10(7-13)11(14)15-8-9-5-12-6-9;1-2-13-5-3-4-9(8-13)11(14)15-10-6-12-7-10;1-2-12-6-8(7-12)10(13)14-9-3-4-11-5-9;1-8-6-12(5-4-10-3)7-9(2)11-8;1-7-5-6-3-2-4-8-6;1-6-2-5-3-7-4-5/h10-11,13H,2-9H2,1H3;3*9-10,12H,2-8H2,1H3;8-9,11H,2-7H2,1H3;8-11H,4-7H2,1-3H3;6-8H,2-5H2,1H3;5-7H,2-4H2,1H3. The zero-order valence-corrected chi connectivity index (χ0v) is 65.4. The molecule has 8 atom stereocenters. The third kappa shape index (κ3) is 33.9. The molecule has 27 heteroatoms. The first-order valence-electron chi connectivity index (χ1n) is 40.6. The van der Waals surface area contributed by atoms with Gasteiger partial charge in [0.2, 0.25) is 0 Å². The quantitative estimate of drug-likeness (QED) is 0.0485. The molecular weight excluding hydrogens is 1300 g/mol. The van der Waals surface area contributed by atoms with Crippen molar-refractivity contribution in [1.29, 1.82) is 0 Å². The van der Waals surface area contributed by atoms with Crippen molar-refractivity contribution in [3.8, 4) is 0 Å². The van der Waals surface area contributed by atoms with E-state index in [0.717, 1.165) is 246 Å². The molecule has 13 aliphatic heterocycles. The molecule has 0 bridgehead atoms. The van der Waals surface area contributed by atoms with E-state index in [1.807, 2.05) is 21.1 Å². The number of esters is 5. The summed E-state index contributed by atoms with van der Waals surface area (Å²) in [5.74, 6) is 2.14. The SMILES string of the molecule is CCN1CC(C(=O)OC2CCNC2)C1.CCN1CC(C(=O)OC2CCNCC2)C1.CCN1CCC(C(=O)OCC2CNC2)C1.CCN1CCCC(C(=O)OC2CCNC2)C1.CCN1CCCC(C(=O)OC2CNC2)C1.CNCC1CCCN1.CNCC1CNC1.CNCCN1CC(C)NC(C)C1. The van der Waals surface area contributed by atoms with Gasteiger partial charge in [-0.3, -0.25) is 28.9 Å². The smallest absolute Gasteiger partial charge is 0.311 e. The molecule has 11 N–H and O–H groups in total. The van der Waals surface area contributed by atoms with E-state index in [2.05, 4.69) is 136 Å². The maximum atomic E-state index is 11.9. The highest BCUT2D eigenvalue weighted by Gasteiger charge is 2.37. The van der Waals surface area contributed by atoms with Crippen LogP contribution < -0.4 is 58.5 Å². The first-order valence-corrected chi connectivity index (χ1v) is 40.6. The summed E-state index contributed by atoms with van der Waals surface area (Å²) in [5, 5.41) is 35.5. The van der Waals surface area contributed by atoms with Crippen LogP contribution in [0.4, 0.5) is 0 Å². The predicted molar refractivity (Wildman–Crippen MR) is 406 cm³/mol. The van der Waals surface area contributed by atoms with Crippen LogP contribution in [-0.4, -0.2) is 352 Å². The predicted octanol–water partition coefficient (Wildman–Crippen LogP) is 0.295. The number of nitrogens with zero attached hydrogens (tertiary/aromatic N) is 6. The summed E-state index contributed by atoms with van der Waals surface area (Å²) in [6.45, 7) is 50.3. The molecule has 0 spiro atoms. The van der Waals surface area contributed by atoms with Crippen molar-refractivity contribution >= 4 is 29.8 Å². The van der Waals surface area contributed by atoms with Crippen LogP contribution in [0.2, 0.25) is 0 Å². The molecule has 13 saturated heterocycles. The van der Waals surface area contributed by atoms with E-state index in [1.54, 1.807) is 0 Å². The number of nitrogens with one attached hydrogen (secondary N) is 11. The first kappa shape index (κ1) is 87.6. The summed E-state index contributed by atoms with van der Waals surface area (Å²) in [6, 6.07) is 2.04. The van der Waals surface area contributed by atoms with Gasteiger partial charge in [0, 0.05) is 161 Å². The molecule has 0 amide bonds. The molecule has 27 nitrogen and oxygen atoms in total. The fourth-order valence-electron chi connectivity index (χ4n) is 14.7. The van der Waals surface area contributed by atoms with Crippen LogP contribution in [-0.2, 0) is 47.7 Å². The van der Waals surface area contributed by atoms with E-state index in [0.29, 0.717) is 24.6 Å². The lowest BCUT2D eigenvalue weighted by Gasteiger charge is -2.37. The minimum atomic E-state index is 0.00315. The molecular formula is C75H147N17O10. The van der Waals surface area contributed by atoms with E-state index >= 15 is 0 Å². The lowest BCUT2D eigenvalue weighted by molar-refractivity contribution is -0.161. The normalized spacial score (nSPS) is 28.4. The van der Waals surface area contributed by atoms with E-state index in [4.69, 9.17) is 23.7 Å². The maximum Gasteiger partial charge on any atom is 0.311 e. The molecule has 0 aromatic rings. The second-order valence-corrected chi connectivity index (χ2v) is 30.6. The van der Waals surface area contributed by atoms with Gasteiger partial charge in [0.05, 0.1) is 36.2 Å². The highest BCUT2D eigenvalue weighted by atomic mass is 16.6.